The van der Waals surface area contributed by atoms with Gasteiger partial charge in [0.15, 0.2) is 0 Å². The van der Waals surface area contributed by atoms with Crippen molar-refractivity contribution in [2.45, 2.75) is 70.8 Å². The summed E-state index contributed by atoms with van der Waals surface area (Å²) in [6, 6.07) is 9.95. The van der Waals surface area contributed by atoms with E-state index in [9.17, 15) is 0 Å². The van der Waals surface area contributed by atoms with Crippen molar-refractivity contribution < 1.29 is 0 Å². The Morgan fingerprint density at radius 2 is 2.05 bits per heavy atom. The number of hydrogen-bond acceptors (Lipinski definition) is 1. The van der Waals surface area contributed by atoms with Gasteiger partial charge in [-0.25, -0.2) is 0 Å². The Morgan fingerprint density at radius 1 is 1.26 bits per heavy atom. The fraction of sp³-hybridized carbons (Fsp3) is 0.667. The third kappa shape index (κ3) is 4.07. The normalized spacial score (nSPS) is 18.9. The zero-order valence-electron chi connectivity index (χ0n) is 12.8. The van der Waals surface area contributed by atoms with E-state index in [-0.39, 0.29) is 0 Å². The van der Waals surface area contributed by atoms with Gasteiger partial charge in [-0.05, 0) is 62.1 Å². The van der Waals surface area contributed by atoms with Crippen LogP contribution in [0.3, 0.4) is 0 Å². The van der Waals surface area contributed by atoms with Crippen LogP contribution in [0.1, 0.15) is 75.8 Å². The molecular formula is C18H29N. The molecule has 1 aliphatic carbocycles. The van der Waals surface area contributed by atoms with Gasteiger partial charge in [-0.15, -0.1) is 0 Å². The van der Waals surface area contributed by atoms with Crippen LogP contribution in [0.25, 0.3) is 0 Å². The van der Waals surface area contributed by atoms with Crippen LogP contribution in [-0.4, -0.2) is 12.6 Å². The summed E-state index contributed by atoms with van der Waals surface area (Å²) in [7, 11) is 0. The summed E-state index contributed by atoms with van der Waals surface area (Å²) >= 11 is 0. The quantitative estimate of drug-likeness (QED) is 0.739. The van der Waals surface area contributed by atoms with Crippen molar-refractivity contribution in [2.24, 2.45) is 0 Å². The molecule has 0 aromatic heterocycles. The zero-order chi connectivity index (χ0) is 13.7. The summed E-state index contributed by atoms with van der Waals surface area (Å²) in [5.74, 6) is 1.50. The van der Waals surface area contributed by atoms with Gasteiger partial charge in [0.25, 0.3) is 0 Å². The summed E-state index contributed by atoms with van der Waals surface area (Å²) in [6.45, 7) is 8.03. The Kier molecular flexibility index (Phi) is 5.45. The van der Waals surface area contributed by atoms with Crippen molar-refractivity contribution in [3.63, 3.8) is 0 Å². The van der Waals surface area contributed by atoms with Gasteiger partial charge in [-0.3, -0.25) is 0 Å². The van der Waals surface area contributed by atoms with Crippen molar-refractivity contribution in [3.05, 3.63) is 35.4 Å². The summed E-state index contributed by atoms with van der Waals surface area (Å²) in [4.78, 5) is 0. The van der Waals surface area contributed by atoms with Gasteiger partial charge >= 0.3 is 0 Å². The molecule has 0 radical (unpaired) electrons. The van der Waals surface area contributed by atoms with Gasteiger partial charge in [0.2, 0.25) is 0 Å². The van der Waals surface area contributed by atoms with Crippen molar-refractivity contribution in [1.29, 1.82) is 0 Å². The maximum absolute atomic E-state index is 3.59. The van der Waals surface area contributed by atoms with Gasteiger partial charge in [-0.1, -0.05) is 44.5 Å². The standard InChI is InChI=1S/C18H29N/c1-4-11-19-15(3)12-14(2)17-9-6-10-18(13-17)16-7-5-8-16/h6,9-10,13-16,19H,4-5,7-8,11-12H2,1-3H3. The van der Waals surface area contributed by atoms with Gasteiger partial charge in [0.1, 0.15) is 0 Å². The fourth-order valence-corrected chi connectivity index (χ4v) is 3.00. The smallest absolute Gasteiger partial charge is 0.00444 e. The third-order valence-electron chi connectivity index (χ3n) is 4.51. The molecule has 0 heterocycles. The molecule has 106 valence electrons. The SMILES string of the molecule is CCCNC(C)CC(C)c1cccc(C2CCC2)c1. The van der Waals surface area contributed by atoms with Crippen LogP contribution in [0, 0.1) is 0 Å². The van der Waals surface area contributed by atoms with Crippen molar-refractivity contribution in [2.75, 3.05) is 6.54 Å². The highest BCUT2D eigenvalue weighted by Crippen LogP contribution is 2.37. The van der Waals surface area contributed by atoms with E-state index in [2.05, 4.69) is 50.4 Å². The lowest BCUT2D eigenvalue weighted by Crippen LogP contribution is -2.28. The summed E-state index contributed by atoms with van der Waals surface area (Å²) in [6.07, 6.45) is 6.66. The number of nitrogens with one attached hydrogen (secondary N) is 1. The monoisotopic (exact) mass is 259 g/mol. The number of rotatable bonds is 7. The van der Waals surface area contributed by atoms with E-state index in [1.807, 2.05) is 0 Å². The van der Waals surface area contributed by atoms with Crippen LogP contribution in [0.2, 0.25) is 0 Å². The molecule has 2 atom stereocenters. The lowest BCUT2D eigenvalue weighted by Gasteiger charge is -2.27. The third-order valence-corrected chi connectivity index (χ3v) is 4.51. The predicted molar refractivity (Wildman–Crippen MR) is 83.8 cm³/mol. The second-order valence-electron chi connectivity index (χ2n) is 6.29. The Labute approximate surface area is 118 Å². The molecule has 1 heteroatoms. The van der Waals surface area contributed by atoms with Crippen LogP contribution in [0.4, 0.5) is 0 Å². The van der Waals surface area contributed by atoms with Gasteiger partial charge < -0.3 is 5.32 Å². The van der Waals surface area contributed by atoms with Crippen molar-refractivity contribution in [1.82, 2.24) is 5.32 Å². The van der Waals surface area contributed by atoms with Crippen LogP contribution < -0.4 is 5.32 Å². The molecule has 1 aliphatic rings. The van der Waals surface area contributed by atoms with Crippen LogP contribution in [-0.2, 0) is 0 Å². The van der Waals surface area contributed by atoms with Crippen LogP contribution >= 0.6 is 0 Å². The Morgan fingerprint density at radius 3 is 2.68 bits per heavy atom. The molecule has 0 amide bonds. The Bertz CT molecular complexity index is 381. The molecule has 1 aromatic rings. The first-order chi connectivity index (χ1) is 9.20. The largest absolute Gasteiger partial charge is 0.314 e. The first kappa shape index (κ1) is 14.6. The van der Waals surface area contributed by atoms with E-state index in [4.69, 9.17) is 0 Å². The Hall–Kier alpha value is -0.820. The summed E-state index contributed by atoms with van der Waals surface area (Å²) in [5, 5.41) is 3.59. The first-order valence-electron chi connectivity index (χ1n) is 8.04. The van der Waals surface area contributed by atoms with E-state index in [1.165, 1.54) is 37.7 Å². The fourth-order valence-electron chi connectivity index (χ4n) is 3.00. The minimum Gasteiger partial charge on any atom is -0.314 e. The highest BCUT2D eigenvalue weighted by molar-refractivity contribution is 5.29. The van der Waals surface area contributed by atoms with E-state index in [1.54, 1.807) is 5.56 Å². The number of hydrogen-bond donors (Lipinski definition) is 1. The molecule has 1 nitrogen and oxygen atoms in total. The van der Waals surface area contributed by atoms with Crippen molar-refractivity contribution in [3.8, 4) is 0 Å². The molecule has 19 heavy (non-hydrogen) atoms. The van der Waals surface area contributed by atoms with E-state index >= 15 is 0 Å². The molecule has 2 rings (SSSR count). The molecule has 1 fully saturated rings. The second-order valence-corrected chi connectivity index (χ2v) is 6.29. The van der Waals surface area contributed by atoms with Crippen LogP contribution in [0.15, 0.2) is 24.3 Å². The molecule has 1 aromatic carbocycles. The average molecular weight is 259 g/mol. The van der Waals surface area contributed by atoms with Gasteiger partial charge in [-0.2, -0.15) is 0 Å². The van der Waals surface area contributed by atoms with E-state index < -0.39 is 0 Å². The Balaban J connectivity index is 1.92. The molecule has 1 N–H and O–H groups in total. The molecule has 0 bridgehead atoms. The summed E-state index contributed by atoms with van der Waals surface area (Å²) < 4.78 is 0. The van der Waals surface area contributed by atoms with Gasteiger partial charge in [0, 0.05) is 6.04 Å². The van der Waals surface area contributed by atoms with E-state index in [0.29, 0.717) is 12.0 Å². The van der Waals surface area contributed by atoms with Crippen LogP contribution in [0.5, 0.6) is 0 Å². The maximum atomic E-state index is 3.59. The minimum atomic E-state index is 0.613. The molecular weight excluding hydrogens is 230 g/mol. The topological polar surface area (TPSA) is 12.0 Å². The first-order valence-corrected chi connectivity index (χ1v) is 8.04. The second kappa shape index (κ2) is 7.09. The highest BCUT2D eigenvalue weighted by atomic mass is 14.9. The lowest BCUT2D eigenvalue weighted by atomic mass is 9.79. The molecule has 0 spiro atoms. The number of benzene rings is 1. The average Bonchev–Trinajstić information content (AvgIpc) is 2.34. The molecule has 2 unspecified atom stereocenters. The highest BCUT2D eigenvalue weighted by Gasteiger charge is 2.20. The van der Waals surface area contributed by atoms with Crippen molar-refractivity contribution >= 4 is 0 Å². The predicted octanol–water partition coefficient (Wildman–Crippen LogP) is 4.84. The molecule has 0 aliphatic heterocycles. The summed E-state index contributed by atoms with van der Waals surface area (Å²) in [5.41, 5.74) is 3.10. The maximum Gasteiger partial charge on any atom is 0.00444 e. The lowest BCUT2D eigenvalue weighted by molar-refractivity contribution is 0.419. The van der Waals surface area contributed by atoms with Gasteiger partial charge in [0.05, 0.1) is 0 Å². The minimum absolute atomic E-state index is 0.613. The zero-order valence-corrected chi connectivity index (χ0v) is 12.8. The van der Waals surface area contributed by atoms with E-state index in [0.717, 1.165) is 12.5 Å². The molecule has 1 saturated carbocycles. The molecule has 0 saturated heterocycles.